The van der Waals surface area contributed by atoms with Crippen molar-refractivity contribution in [2.24, 2.45) is 0 Å². The van der Waals surface area contributed by atoms with Gasteiger partial charge in [-0.1, -0.05) is 35.9 Å². The second-order valence-corrected chi connectivity index (χ2v) is 7.99. The van der Waals surface area contributed by atoms with E-state index in [0.717, 1.165) is 56.4 Å². The summed E-state index contributed by atoms with van der Waals surface area (Å²) < 4.78 is 5.92. The maximum Gasteiger partial charge on any atom is 0.328 e. The van der Waals surface area contributed by atoms with Gasteiger partial charge >= 0.3 is 11.9 Å². The largest absolute Gasteiger partial charge is 0.493 e. The first-order chi connectivity index (χ1) is 15.4. The van der Waals surface area contributed by atoms with E-state index in [0.29, 0.717) is 18.2 Å². The third-order valence-electron chi connectivity index (χ3n) is 5.46. The van der Waals surface area contributed by atoms with Crippen molar-refractivity contribution in [3.8, 4) is 5.75 Å². The second-order valence-electron chi connectivity index (χ2n) is 7.56. The van der Waals surface area contributed by atoms with Gasteiger partial charge in [-0.15, -0.1) is 0 Å². The van der Waals surface area contributed by atoms with E-state index in [-0.39, 0.29) is 0 Å². The fourth-order valence-electron chi connectivity index (χ4n) is 3.98. The van der Waals surface area contributed by atoms with Crippen molar-refractivity contribution in [3.05, 3.63) is 71.3 Å². The number of anilines is 1. The standard InChI is InChI=1S/C20H23ClN2O.C4H4O4/c21-16-8-9-18-19(7-4-14-24-20(18)15-16)23-12-10-22(11-13-23)17-5-2-1-3-6-17;5-3(6)1-2-4(7)8/h1-3,5-6,8-9,15,19H,4,7,10-14H2;1-2H,(H,5,6)(H,7,8)/b;2-1+. The molecule has 0 bridgehead atoms. The molecule has 2 N–H and O–H groups in total. The number of carboxylic acid groups (broad SMARTS) is 2. The number of ether oxygens (including phenoxy) is 1. The zero-order valence-corrected chi connectivity index (χ0v) is 18.4. The molecule has 1 unspecified atom stereocenters. The number of halogens is 1. The van der Waals surface area contributed by atoms with Crippen LogP contribution in [0.2, 0.25) is 5.02 Å². The molecule has 2 aromatic rings. The maximum atomic E-state index is 9.55. The number of benzene rings is 2. The van der Waals surface area contributed by atoms with Gasteiger partial charge in [0.2, 0.25) is 0 Å². The van der Waals surface area contributed by atoms with Crippen LogP contribution in [-0.4, -0.2) is 59.8 Å². The summed E-state index contributed by atoms with van der Waals surface area (Å²) in [6, 6.07) is 17.3. The Labute approximate surface area is 192 Å². The lowest BCUT2D eigenvalue weighted by atomic mass is 9.99. The lowest BCUT2D eigenvalue weighted by Gasteiger charge is -2.40. The van der Waals surface area contributed by atoms with Crippen molar-refractivity contribution in [2.45, 2.75) is 18.9 Å². The first-order valence-electron chi connectivity index (χ1n) is 10.5. The monoisotopic (exact) mass is 458 g/mol. The van der Waals surface area contributed by atoms with Crippen molar-refractivity contribution >= 4 is 29.2 Å². The fourth-order valence-corrected chi connectivity index (χ4v) is 4.14. The van der Waals surface area contributed by atoms with Gasteiger partial charge in [0.1, 0.15) is 5.75 Å². The van der Waals surface area contributed by atoms with Crippen LogP contribution in [0.15, 0.2) is 60.7 Å². The molecule has 2 aliphatic rings. The smallest absolute Gasteiger partial charge is 0.328 e. The van der Waals surface area contributed by atoms with Crippen LogP contribution in [0.5, 0.6) is 5.75 Å². The number of nitrogens with zero attached hydrogens (tertiary/aromatic N) is 2. The van der Waals surface area contributed by atoms with Crippen LogP contribution in [0.1, 0.15) is 24.4 Å². The highest BCUT2D eigenvalue weighted by Gasteiger charge is 2.28. The molecule has 0 spiro atoms. The average Bonchev–Trinajstić information content (AvgIpc) is 3.01. The average molecular weight is 459 g/mol. The second kappa shape index (κ2) is 11.5. The summed E-state index contributed by atoms with van der Waals surface area (Å²) in [7, 11) is 0. The van der Waals surface area contributed by atoms with E-state index >= 15 is 0 Å². The first-order valence-corrected chi connectivity index (χ1v) is 10.9. The van der Waals surface area contributed by atoms with Crippen molar-refractivity contribution in [1.82, 2.24) is 4.90 Å². The van der Waals surface area contributed by atoms with Crippen molar-refractivity contribution in [1.29, 1.82) is 0 Å². The first kappa shape index (κ1) is 23.6. The number of carboxylic acids is 2. The van der Waals surface area contributed by atoms with Crippen LogP contribution < -0.4 is 9.64 Å². The molecular weight excluding hydrogens is 432 g/mol. The maximum absolute atomic E-state index is 9.55. The quantitative estimate of drug-likeness (QED) is 0.667. The van der Waals surface area contributed by atoms with Gasteiger partial charge in [-0.25, -0.2) is 9.59 Å². The fraction of sp³-hybridized carbons (Fsp3) is 0.333. The normalized spacial score (nSPS) is 18.7. The molecule has 0 aromatic heterocycles. The number of piperazine rings is 1. The molecule has 2 aromatic carbocycles. The molecule has 2 aliphatic heterocycles. The van der Waals surface area contributed by atoms with Crippen LogP contribution >= 0.6 is 11.6 Å². The Kier molecular flexibility index (Phi) is 8.53. The van der Waals surface area contributed by atoms with Crippen LogP contribution in [0.25, 0.3) is 0 Å². The summed E-state index contributed by atoms with van der Waals surface area (Å²) >= 11 is 6.15. The van der Waals surface area contributed by atoms with E-state index in [1.54, 1.807) is 0 Å². The molecule has 8 heteroatoms. The summed E-state index contributed by atoms with van der Waals surface area (Å²) in [6.07, 6.45) is 3.36. The number of carbonyl (C=O) groups is 2. The summed E-state index contributed by atoms with van der Waals surface area (Å²) in [5.41, 5.74) is 2.62. The van der Waals surface area contributed by atoms with Crippen molar-refractivity contribution in [2.75, 3.05) is 37.7 Å². The topological polar surface area (TPSA) is 90.3 Å². The SMILES string of the molecule is Clc1ccc2c(c1)OCCCC2N1CCN(c2ccccc2)CC1.O=C(O)/C=C/C(=O)O. The summed E-state index contributed by atoms with van der Waals surface area (Å²) in [4.78, 5) is 24.2. The number of fused-ring (bicyclic) bond motifs is 1. The summed E-state index contributed by atoms with van der Waals surface area (Å²) in [6.45, 7) is 5.10. The highest BCUT2D eigenvalue weighted by atomic mass is 35.5. The summed E-state index contributed by atoms with van der Waals surface area (Å²) in [5.74, 6) is -1.55. The molecule has 0 aliphatic carbocycles. The van der Waals surface area contributed by atoms with Crippen LogP contribution in [-0.2, 0) is 9.59 Å². The van der Waals surface area contributed by atoms with Crippen LogP contribution in [0, 0.1) is 0 Å². The Balaban J connectivity index is 0.000000312. The Morgan fingerprint density at radius 2 is 1.62 bits per heavy atom. The van der Waals surface area contributed by atoms with Gasteiger partial charge in [0.15, 0.2) is 0 Å². The molecule has 2 heterocycles. The molecule has 1 fully saturated rings. The minimum Gasteiger partial charge on any atom is -0.493 e. The third-order valence-corrected chi connectivity index (χ3v) is 5.69. The Morgan fingerprint density at radius 1 is 0.969 bits per heavy atom. The van der Waals surface area contributed by atoms with Gasteiger partial charge in [-0.05, 0) is 37.1 Å². The van der Waals surface area contributed by atoms with E-state index in [1.165, 1.54) is 11.3 Å². The molecule has 1 saturated heterocycles. The van der Waals surface area contributed by atoms with E-state index in [1.807, 2.05) is 12.1 Å². The molecule has 0 amide bonds. The molecule has 32 heavy (non-hydrogen) atoms. The molecule has 0 saturated carbocycles. The Hall–Kier alpha value is -3.03. The number of aliphatic carboxylic acids is 2. The van der Waals surface area contributed by atoms with Gasteiger partial charge in [-0.2, -0.15) is 0 Å². The summed E-state index contributed by atoms with van der Waals surface area (Å²) in [5, 5.41) is 16.4. The van der Waals surface area contributed by atoms with Crippen molar-refractivity contribution in [3.63, 3.8) is 0 Å². The van der Waals surface area contributed by atoms with E-state index in [9.17, 15) is 9.59 Å². The third kappa shape index (κ3) is 6.73. The number of hydrogen-bond acceptors (Lipinski definition) is 5. The molecule has 1 atom stereocenters. The minimum absolute atomic E-state index is 0.442. The van der Waals surface area contributed by atoms with Gasteiger partial charge in [0, 0.05) is 60.6 Å². The number of hydrogen-bond donors (Lipinski definition) is 2. The zero-order valence-electron chi connectivity index (χ0n) is 17.7. The minimum atomic E-state index is -1.26. The molecule has 7 nitrogen and oxygen atoms in total. The van der Waals surface area contributed by atoms with E-state index < -0.39 is 11.9 Å². The lowest BCUT2D eigenvalue weighted by Crippen LogP contribution is -2.47. The van der Waals surface area contributed by atoms with Gasteiger partial charge in [-0.3, -0.25) is 4.90 Å². The molecule has 170 valence electrons. The lowest BCUT2D eigenvalue weighted by molar-refractivity contribution is -0.134. The van der Waals surface area contributed by atoms with Gasteiger partial charge in [0.25, 0.3) is 0 Å². The van der Waals surface area contributed by atoms with Crippen LogP contribution in [0.3, 0.4) is 0 Å². The van der Waals surface area contributed by atoms with Gasteiger partial charge < -0.3 is 19.8 Å². The molecule has 0 radical (unpaired) electrons. The Morgan fingerprint density at radius 3 is 2.25 bits per heavy atom. The predicted octanol–water partition coefficient (Wildman–Crippen LogP) is 4.09. The van der Waals surface area contributed by atoms with E-state index in [4.69, 9.17) is 26.6 Å². The predicted molar refractivity (Wildman–Crippen MR) is 124 cm³/mol. The molecular formula is C24H27ClN2O5. The zero-order chi connectivity index (χ0) is 22.9. The van der Waals surface area contributed by atoms with Crippen LogP contribution in [0.4, 0.5) is 5.69 Å². The highest BCUT2D eigenvalue weighted by molar-refractivity contribution is 6.30. The molecule has 4 rings (SSSR count). The van der Waals surface area contributed by atoms with Crippen molar-refractivity contribution < 1.29 is 24.5 Å². The highest BCUT2D eigenvalue weighted by Crippen LogP contribution is 2.37. The Bertz CT molecular complexity index is 927. The number of rotatable bonds is 4. The van der Waals surface area contributed by atoms with Gasteiger partial charge in [0.05, 0.1) is 6.61 Å². The number of para-hydroxylation sites is 1. The van der Waals surface area contributed by atoms with E-state index in [2.05, 4.69) is 46.2 Å².